The van der Waals surface area contributed by atoms with E-state index in [2.05, 4.69) is 10.3 Å². The number of aromatic nitrogens is 1. The third-order valence-electron chi connectivity index (χ3n) is 3.91. The summed E-state index contributed by atoms with van der Waals surface area (Å²) >= 11 is 6.08. The second-order valence-electron chi connectivity index (χ2n) is 5.80. The first kappa shape index (κ1) is 15.0. The van der Waals surface area contributed by atoms with Crippen LogP contribution in [0.5, 0.6) is 11.6 Å². The van der Waals surface area contributed by atoms with Crippen LogP contribution in [0.3, 0.4) is 0 Å². The van der Waals surface area contributed by atoms with E-state index in [1.165, 1.54) is 4.90 Å². The average molecular weight is 344 g/mol. The molecule has 4 rings (SSSR count). The van der Waals surface area contributed by atoms with Crippen molar-refractivity contribution in [3.63, 3.8) is 0 Å². The molecule has 0 unspecified atom stereocenters. The smallest absolute Gasteiger partial charge is 0.264 e. The summed E-state index contributed by atoms with van der Waals surface area (Å²) in [6.07, 6.45) is 3.52. The summed E-state index contributed by atoms with van der Waals surface area (Å²) in [4.78, 5) is 30.7. The van der Waals surface area contributed by atoms with E-state index < -0.39 is 0 Å². The first-order valence-electron chi connectivity index (χ1n) is 7.65. The molecule has 1 aliphatic heterocycles. The van der Waals surface area contributed by atoms with Gasteiger partial charge in [0.25, 0.3) is 5.91 Å². The molecular weight excluding hydrogens is 330 g/mol. The zero-order valence-electron chi connectivity index (χ0n) is 12.7. The van der Waals surface area contributed by atoms with Crippen LogP contribution in [0.15, 0.2) is 36.5 Å². The van der Waals surface area contributed by atoms with Gasteiger partial charge in [-0.3, -0.25) is 14.5 Å². The van der Waals surface area contributed by atoms with Crippen molar-refractivity contribution in [1.29, 1.82) is 0 Å². The highest BCUT2D eigenvalue weighted by atomic mass is 35.5. The molecule has 0 atom stereocenters. The molecule has 6 nitrogen and oxygen atoms in total. The monoisotopic (exact) mass is 343 g/mol. The van der Waals surface area contributed by atoms with Gasteiger partial charge in [-0.05, 0) is 43.2 Å². The Kier molecular flexibility index (Phi) is 3.61. The highest BCUT2D eigenvalue weighted by Gasteiger charge is 2.32. The fourth-order valence-corrected chi connectivity index (χ4v) is 2.75. The van der Waals surface area contributed by atoms with Crippen LogP contribution >= 0.6 is 11.6 Å². The average Bonchev–Trinajstić information content (AvgIpc) is 3.38. The molecule has 0 saturated heterocycles. The number of hydrogen-bond donors (Lipinski definition) is 1. The van der Waals surface area contributed by atoms with E-state index in [4.69, 9.17) is 16.3 Å². The number of anilines is 1. The quantitative estimate of drug-likeness (QED) is 0.930. The molecule has 1 aliphatic carbocycles. The number of benzene rings is 1. The second kappa shape index (κ2) is 5.79. The summed E-state index contributed by atoms with van der Waals surface area (Å²) in [5, 5.41) is 3.34. The van der Waals surface area contributed by atoms with Gasteiger partial charge in [-0.15, -0.1) is 0 Å². The fourth-order valence-electron chi connectivity index (χ4n) is 2.58. The maximum Gasteiger partial charge on any atom is 0.264 e. The highest BCUT2D eigenvalue weighted by Crippen LogP contribution is 2.39. The van der Waals surface area contributed by atoms with Crippen LogP contribution in [0.1, 0.15) is 23.2 Å². The Morgan fingerprint density at radius 3 is 3.00 bits per heavy atom. The molecule has 0 radical (unpaired) electrons. The van der Waals surface area contributed by atoms with Crippen molar-refractivity contribution in [3.8, 4) is 11.6 Å². The Balaban J connectivity index is 1.75. The van der Waals surface area contributed by atoms with Crippen LogP contribution in [0.4, 0.5) is 5.69 Å². The molecule has 0 spiro atoms. The highest BCUT2D eigenvalue weighted by molar-refractivity contribution is 6.31. The van der Waals surface area contributed by atoms with Crippen LogP contribution in [0.25, 0.3) is 0 Å². The van der Waals surface area contributed by atoms with E-state index in [1.807, 2.05) is 0 Å². The minimum Gasteiger partial charge on any atom is -0.436 e. The Morgan fingerprint density at radius 1 is 1.38 bits per heavy atom. The van der Waals surface area contributed by atoms with Crippen molar-refractivity contribution < 1.29 is 14.3 Å². The van der Waals surface area contributed by atoms with E-state index in [0.29, 0.717) is 22.0 Å². The normalized spacial score (nSPS) is 15.9. The van der Waals surface area contributed by atoms with Gasteiger partial charge in [0, 0.05) is 17.3 Å². The number of ether oxygens (including phenoxy) is 1. The first-order chi connectivity index (χ1) is 11.6. The van der Waals surface area contributed by atoms with Gasteiger partial charge in [-0.1, -0.05) is 11.6 Å². The predicted octanol–water partition coefficient (Wildman–Crippen LogP) is 2.77. The van der Waals surface area contributed by atoms with Gasteiger partial charge in [0.1, 0.15) is 12.1 Å². The van der Waals surface area contributed by atoms with Crippen molar-refractivity contribution in [2.75, 3.05) is 11.4 Å². The van der Waals surface area contributed by atoms with Crippen molar-refractivity contribution in [1.82, 2.24) is 10.3 Å². The molecule has 2 aliphatic rings. The Hall–Kier alpha value is -2.60. The lowest BCUT2D eigenvalue weighted by molar-refractivity contribution is -0.119. The lowest BCUT2D eigenvalue weighted by Crippen LogP contribution is -2.41. The van der Waals surface area contributed by atoms with Gasteiger partial charge >= 0.3 is 0 Å². The summed E-state index contributed by atoms with van der Waals surface area (Å²) in [6, 6.07) is 8.46. The molecule has 1 aromatic carbocycles. The van der Waals surface area contributed by atoms with Crippen LogP contribution in [0.2, 0.25) is 5.02 Å². The molecule has 24 heavy (non-hydrogen) atoms. The zero-order valence-corrected chi connectivity index (χ0v) is 13.4. The van der Waals surface area contributed by atoms with E-state index in [1.54, 1.807) is 36.5 Å². The molecule has 2 aromatic rings. The van der Waals surface area contributed by atoms with Gasteiger partial charge in [-0.2, -0.15) is 0 Å². The van der Waals surface area contributed by atoms with Crippen molar-refractivity contribution in [2.45, 2.75) is 18.9 Å². The third kappa shape index (κ3) is 2.80. The van der Waals surface area contributed by atoms with Crippen LogP contribution in [0, 0.1) is 0 Å². The number of nitrogens with one attached hydrogen (secondary N) is 1. The second-order valence-corrected chi connectivity index (χ2v) is 6.24. The van der Waals surface area contributed by atoms with Gasteiger partial charge in [0.15, 0.2) is 5.75 Å². The minimum atomic E-state index is -0.343. The summed E-state index contributed by atoms with van der Waals surface area (Å²) in [7, 11) is 0. The van der Waals surface area contributed by atoms with Crippen molar-refractivity contribution in [2.24, 2.45) is 0 Å². The van der Waals surface area contributed by atoms with Crippen LogP contribution in [-0.2, 0) is 4.79 Å². The number of pyridine rings is 1. The van der Waals surface area contributed by atoms with E-state index in [9.17, 15) is 9.59 Å². The molecular formula is C17H14ClN3O3. The number of carbonyl (C=O) groups is 2. The lowest BCUT2D eigenvalue weighted by atomic mass is 10.2. The van der Waals surface area contributed by atoms with Crippen molar-refractivity contribution in [3.05, 3.63) is 47.1 Å². The van der Waals surface area contributed by atoms with Crippen LogP contribution < -0.4 is 15.0 Å². The molecule has 2 heterocycles. The van der Waals surface area contributed by atoms with Gasteiger partial charge in [-0.25, -0.2) is 4.98 Å². The van der Waals surface area contributed by atoms with E-state index in [-0.39, 0.29) is 30.3 Å². The van der Waals surface area contributed by atoms with Gasteiger partial charge in [0.2, 0.25) is 11.8 Å². The number of amides is 2. The van der Waals surface area contributed by atoms with E-state index >= 15 is 0 Å². The third-order valence-corrected chi connectivity index (χ3v) is 4.14. The Bertz CT molecular complexity index is 836. The number of hydrogen-bond acceptors (Lipinski definition) is 4. The van der Waals surface area contributed by atoms with Gasteiger partial charge in [0.05, 0.1) is 5.69 Å². The first-order valence-corrected chi connectivity index (χ1v) is 8.03. The minimum absolute atomic E-state index is 0.0969. The molecule has 1 saturated carbocycles. The SMILES string of the molecule is O=C(CN1C(=O)c2cccnc2Oc2ccc(Cl)cc21)NC1CC1. The number of carbonyl (C=O) groups excluding carboxylic acids is 2. The lowest BCUT2D eigenvalue weighted by Gasteiger charge is -2.21. The molecule has 122 valence electrons. The Morgan fingerprint density at radius 2 is 2.21 bits per heavy atom. The predicted molar refractivity (Wildman–Crippen MR) is 88.6 cm³/mol. The van der Waals surface area contributed by atoms with E-state index in [0.717, 1.165) is 12.8 Å². The molecule has 1 aromatic heterocycles. The molecule has 1 fully saturated rings. The number of halogens is 1. The molecule has 2 amide bonds. The molecule has 0 bridgehead atoms. The summed E-state index contributed by atoms with van der Waals surface area (Å²) in [5.41, 5.74) is 0.764. The largest absolute Gasteiger partial charge is 0.436 e. The number of rotatable bonds is 3. The summed E-state index contributed by atoms with van der Waals surface area (Å²) in [5.74, 6) is 0.106. The molecule has 1 N–H and O–H groups in total. The Labute approximate surface area is 143 Å². The zero-order chi connectivity index (χ0) is 16.7. The van der Waals surface area contributed by atoms with Crippen LogP contribution in [-0.4, -0.2) is 29.4 Å². The maximum absolute atomic E-state index is 12.9. The topological polar surface area (TPSA) is 71.5 Å². The molecule has 7 heteroatoms. The standard InChI is InChI=1S/C17H14ClN3O3/c18-10-3-6-14-13(8-10)21(9-15(22)20-11-4-5-11)17(23)12-2-1-7-19-16(12)24-14/h1-3,6-8,11H,4-5,9H2,(H,20,22). The summed E-state index contributed by atoms with van der Waals surface area (Å²) in [6.45, 7) is -0.0969. The van der Waals surface area contributed by atoms with Crippen molar-refractivity contribution >= 4 is 29.1 Å². The number of fused-ring (bicyclic) bond motifs is 2. The summed E-state index contributed by atoms with van der Waals surface area (Å²) < 4.78 is 5.77. The number of nitrogens with zero attached hydrogens (tertiary/aromatic N) is 2. The fraction of sp³-hybridized carbons (Fsp3) is 0.235. The maximum atomic E-state index is 12.9. The van der Waals surface area contributed by atoms with Gasteiger partial charge < -0.3 is 10.1 Å².